The Kier molecular flexibility index (Phi) is 6.10. The summed E-state index contributed by atoms with van der Waals surface area (Å²) in [6, 6.07) is 9.69. The number of aryl methyl sites for hydroxylation is 1. The van der Waals surface area contributed by atoms with E-state index in [1.807, 2.05) is 6.19 Å². The van der Waals surface area contributed by atoms with Gasteiger partial charge in [-0.15, -0.1) is 4.99 Å². The number of imidazole rings is 1. The Morgan fingerprint density at radius 2 is 1.66 bits per heavy atom. The van der Waals surface area contributed by atoms with E-state index < -0.39 is 0 Å². The topological polar surface area (TPSA) is 49.2 Å². The summed E-state index contributed by atoms with van der Waals surface area (Å²) >= 11 is 0. The zero-order valence-electron chi connectivity index (χ0n) is 18.2. The molecule has 2 aliphatic rings. The molecule has 4 rings (SSSR count). The van der Waals surface area contributed by atoms with E-state index in [2.05, 4.69) is 64.1 Å². The maximum Gasteiger partial charge on any atom is 0.221 e. The van der Waals surface area contributed by atoms with Crippen molar-refractivity contribution in [2.24, 2.45) is 16.8 Å². The standard InChI is InChI=1S/C24H35N5/c1-4-28-22-7-5-6-8-23(22)29(24(28)26-17-25)21-13-15-27(16-14-21)20-11-9-19(10-12-20)18(2)3/h5-8,18-21H,4,9-16H2,1-3H3. The highest BCUT2D eigenvalue weighted by atomic mass is 15.2. The van der Waals surface area contributed by atoms with E-state index in [-0.39, 0.29) is 0 Å². The Bertz CT molecular complexity index is 928. The van der Waals surface area contributed by atoms with Crippen LogP contribution >= 0.6 is 0 Å². The van der Waals surface area contributed by atoms with Gasteiger partial charge in [0.15, 0.2) is 0 Å². The Morgan fingerprint density at radius 1 is 1.00 bits per heavy atom. The van der Waals surface area contributed by atoms with Gasteiger partial charge in [-0.3, -0.25) is 0 Å². The molecule has 2 aromatic rings. The van der Waals surface area contributed by atoms with Crippen LogP contribution in [0.2, 0.25) is 0 Å². The van der Waals surface area contributed by atoms with E-state index in [0.29, 0.717) is 6.04 Å². The molecule has 1 aliphatic carbocycles. The molecule has 29 heavy (non-hydrogen) atoms. The molecule has 0 amide bonds. The van der Waals surface area contributed by atoms with Crippen molar-refractivity contribution in [3.05, 3.63) is 29.9 Å². The lowest BCUT2D eigenvalue weighted by Crippen LogP contribution is -2.45. The molecule has 5 heteroatoms. The van der Waals surface area contributed by atoms with Crippen molar-refractivity contribution in [1.29, 1.82) is 5.26 Å². The van der Waals surface area contributed by atoms with E-state index >= 15 is 0 Å². The first-order valence-corrected chi connectivity index (χ1v) is 11.5. The minimum Gasteiger partial charge on any atom is -0.310 e. The first-order chi connectivity index (χ1) is 14.1. The van der Waals surface area contributed by atoms with Crippen LogP contribution < -0.4 is 5.62 Å². The minimum absolute atomic E-state index is 0.419. The van der Waals surface area contributed by atoms with Crippen LogP contribution in [0, 0.1) is 23.3 Å². The van der Waals surface area contributed by atoms with Gasteiger partial charge in [-0.2, -0.15) is 5.26 Å². The van der Waals surface area contributed by atoms with Crippen molar-refractivity contribution < 1.29 is 0 Å². The van der Waals surface area contributed by atoms with Crippen LogP contribution in [0.15, 0.2) is 29.3 Å². The van der Waals surface area contributed by atoms with Gasteiger partial charge in [-0.05, 0) is 69.4 Å². The quantitative estimate of drug-likeness (QED) is 0.707. The summed E-state index contributed by atoms with van der Waals surface area (Å²) in [4.78, 5) is 6.99. The molecule has 0 unspecified atom stereocenters. The van der Waals surface area contributed by atoms with Crippen molar-refractivity contribution in [3.8, 4) is 6.19 Å². The van der Waals surface area contributed by atoms with E-state index in [1.165, 1.54) is 36.7 Å². The second-order valence-corrected chi connectivity index (χ2v) is 9.19. The summed E-state index contributed by atoms with van der Waals surface area (Å²) in [5.74, 6) is 1.76. The number of nitriles is 1. The van der Waals surface area contributed by atoms with Crippen LogP contribution in [-0.2, 0) is 6.54 Å². The molecule has 156 valence electrons. The fourth-order valence-corrected chi connectivity index (χ4v) is 5.71. The van der Waals surface area contributed by atoms with Crippen LogP contribution in [0.3, 0.4) is 0 Å². The fraction of sp³-hybridized carbons (Fsp3) is 0.667. The molecule has 1 saturated carbocycles. The van der Waals surface area contributed by atoms with Crippen LogP contribution in [0.4, 0.5) is 0 Å². The van der Waals surface area contributed by atoms with Gasteiger partial charge in [-0.1, -0.05) is 26.0 Å². The zero-order valence-corrected chi connectivity index (χ0v) is 18.2. The van der Waals surface area contributed by atoms with E-state index in [9.17, 15) is 5.26 Å². The summed E-state index contributed by atoms with van der Waals surface area (Å²) < 4.78 is 4.52. The van der Waals surface area contributed by atoms with Crippen LogP contribution in [-0.4, -0.2) is 33.2 Å². The molecule has 1 saturated heterocycles. The molecular formula is C24H35N5. The highest BCUT2D eigenvalue weighted by Gasteiger charge is 2.31. The summed E-state index contributed by atoms with van der Waals surface area (Å²) in [6.07, 6.45) is 9.85. The Hall–Kier alpha value is -2.06. The van der Waals surface area contributed by atoms with Crippen LogP contribution in [0.25, 0.3) is 11.0 Å². The first kappa shape index (κ1) is 20.2. The van der Waals surface area contributed by atoms with Crippen LogP contribution in [0.1, 0.15) is 65.3 Å². The van der Waals surface area contributed by atoms with E-state index in [1.54, 1.807) is 0 Å². The normalized spacial score (nSPS) is 25.0. The second-order valence-electron chi connectivity index (χ2n) is 9.19. The lowest BCUT2D eigenvalue weighted by molar-refractivity contribution is 0.0885. The third-order valence-electron chi connectivity index (χ3n) is 7.42. The smallest absolute Gasteiger partial charge is 0.221 e. The molecule has 0 radical (unpaired) electrons. The van der Waals surface area contributed by atoms with Gasteiger partial charge in [0.1, 0.15) is 0 Å². The largest absolute Gasteiger partial charge is 0.310 e. The lowest BCUT2D eigenvalue weighted by atomic mass is 9.79. The molecule has 2 heterocycles. The molecule has 0 spiro atoms. The highest BCUT2D eigenvalue weighted by molar-refractivity contribution is 5.76. The molecule has 1 aromatic heterocycles. The van der Waals surface area contributed by atoms with Gasteiger partial charge in [0.2, 0.25) is 11.8 Å². The average Bonchev–Trinajstić information content (AvgIpc) is 3.07. The number of piperidine rings is 1. The average molecular weight is 394 g/mol. The van der Waals surface area contributed by atoms with Crippen LogP contribution in [0.5, 0.6) is 0 Å². The number of rotatable bonds is 4. The third kappa shape index (κ3) is 3.88. The van der Waals surface area contributed by atoms with Gasteiger partial charge in [0, 0.05) is 31.7 Å². The summed E-state index contributed by atoms with van der Waals surface area (Å²) in [6.45, 7) is 10.0. The molecule has 0 bridgehead atoms. The fourth-order valence-electron chi connectivity index (χ4n) is 5.71. The van der Waals surface area contributed by atoms with Gasteiger partial charge in [-0.25, -0.2) is 0 Å². The predicted molar refractivity (Wildman–Crippen MR) is 117 cm³/mol. The monoisotopic (exact) mass is 393 g/mol. The maximum atomic E-state index is 9.31. The zero-order chi connectivity index (χ0) is 20.4. The van der Waals surface area contributed by atoms with Gasteiger partial charge in [0.25, 0.3) is 0 Å². The molecule has 0 N–H and O–H groups in total. The molecule has 5 nitrogen and oxygen atoms in total. The number of para-hydroxylation sites is 2. The SMILES string of the molecule is CCn1c(=NC#N)n(C2CCN(C3CCC(C(C)C)CC3)CC2)c2ccccc21. The minimum atomic E-state index is 0.419. The van der Waals surface area contributed by atoms with Crippen molar-refractivity contribution in [3.63, 3.8) is 0 Å². The van der Waals surface area contributed by atoms with Gasteiger partial charge < -0.3 is 14.0 Å². The number of hydrogen-bond donors (Lipinski definition) is 0. The molecule has 1 aromatic carbocycles. The van der Waals surface area contributed by atoms with E-state index in [0.717, 1.165) is 56.0 Å². The Labute approximate surface area is 174 Å². The molecule has 2 fully saturated rings. The Balaban J connectivity index is 1.52. The van der Waals surface area contributed by atoms with Crippen molar-refractivity contribution in [2.45, 2.75) is 77.9 Å². The highest BCUT2D eigenvalue weighted by Crippen LogP contribution is 2.34. The molecule has 1 aliphatic heterocycles. The van der Waals surface area contributed by atoms with Crippen molar-refractivity contribution in [1.82, 2.24) is 14.0 Å². The summed E-state index contributed by atoms with van der Waals surface area (Å²) in [5, 5.41) is 9.31. The first-order valence-electron chi connectivity index (χ1n) is 11.5. The lowest BCUT2D eigenvalue weighted by Gasteiger charge is -2.41. The summed E-state index contributed by atoms with van der Waals surface area (Å²) in [5.41, 5.74) is 3.20. The van der Waals surface area contributed by atoms with Crippen molar-refractivity contribution >= 4 is 11.0 Å². The maximum absolute atomic E-state index is 9.31. The molecule has 0 atom stereocenters. The summed E-state index contributed by atoms with van der Waals surface area (Å²) in [7, 11) is 0. The number of benzene rings is 1. The number of nitrogens with zero attached hydrogens (tertiary/aromatic N) is 5. The van der Waals surface area contributed by atoms with Crippen molar-refractivity contribution in [2.75, 3.05) is 13.1 Å². The van der Waals surface area contributed by atoms with Gasteiger partial charge >= 0.3 is 0 Å². The van der Waals surface area contributed by atoms with Gasteiger partial charge in [0.05, 0.1) is 11.0 Å². The van der Waals surface area contributed by atoms with E-state index in [4.69, 9.17) is 0 Å². The number of fused-ring (bicyclic) bond motifs is 1. The molecular weight excluding hydrogens is 358 g/mol. The number of hydrogen-bond acceptors (Lipinski definition) is 3. The number of aromatic nitrogens is 2. The number of likely N-dealkylation sites (tertiary alicyclic amines) is 1. The third-order valence-corrected chi connectivity index (χ3v) is 7.42. The predicted octanol–water partition coefficient (Wildman–Crippen LogP) is 4.70. The second kappa shape index (κ2) is 8.75. The Morgan fingerprint density at radius 3 is 2.24 bits per heavy atom.